The van der Waals surface area contributed by atoms with Crippen molar-refractivity contribution >= 4 is 17.6 Å². The quantitative estimate of drug-likeness (QED) is 0.877. The van der Waals surface area contributed by atoms with Gasteiger partial charge in [-0.25, -0.2) is 14.2 Å². The Morgan fingerprint density at radius 3 is 2.88 bits per heavy atom. The number of benzene rings is 1. The number of carboxylic acid groups (broad SMARTS) is 1. The molecule has 1 N–H and O–H groups in total. The molecule has 82 valence electrons. The first-order valence-electron chi connectivity index (χ1n) is 4.30. The Kier molecular flexibility index (Phi) is 2.62. The summed E-state index contributed by atoms with van der Waals surface area (Å²) in [5.41, 5.74) is 0.00637. The zero-order valence-electron chi connectivity index (χ0n) is 7.89. The largest absolute Gasteiger partial charge is 0.476 e. The maximum absolute atomic E-state index is 13.4. The summed E-state index contributed by atoms with van der Waals surface area (Å²) < 4.78 is 14.7. The SMILES string of the molecule is O=C(O)c1cn(-c2cc(Cl)ccc2F)cn1. The molecule has 2 aromatic rings. The summed E-state index contributed by atoms with van der Waals surface area (Å²) >= 11 is 5.72. The minimum absolute atomic E-state index is 0.153. The van der Waals surface area contributed by atoms with Crippen LogP contribution in [0.1, 0.15) is 10.5 Å². The van der Waals surface area contributed by atoms with E-state index in [0.717, 1.165) is 0 Å². The number of imidazole rings is 1. The van der Waals surface area contributed by atoms with Crippen LogP contribution in [-0.2, 0) is 0 Å². The zero-order valence-corrected chi connectivity index (χ0v) is 8.65. The van der Waals surface area contributed by atoms with Crippen molar-refractivity contribution < 1.29 is 14.3 Å². The van der Waals surface area contributed by atoms with E-state index in [1.165, 1.54) is 35.3 Å². The minimum atomic E-state index is -1.17. The Labute approximate surface area is 94.9 Å². The molecule has 0 atom stereocenters. The van der Waals surface area contributed by atoms with Crippen LogP contribution in [-0.4, -0.2) is 20.6 Å². The Hall–Kier alpha value is -1.88. The Morgan fingerprint density at radius 1 is 1.50 bits per heavy atom. The molecular weight excluding hydrogens is 235 g/mol. The molecular formula is C10H6ClFN2O2. The molecule has 1 aromatic carbocycles. The van der Waals surface area contributed by atoms with E-state index in [1.807, 2.05) is 0 Å². The molecule has 0 aliphatic carbocycles. The molecule has 0 amide bonds. The first kappa shape index (κ1) is 10.6. The van der Waals surface area contributed by atoms with Crippen LogP contribution in [0.25, 0.3) is 5.69 Å². The molecule has 0 saturated heterocycles. The Morgan fingerprint density at radius 2 is 2.25 bits per heavy atom. The third-order valence-corrected chi connectivity index (χ3v) is 2.22. The van der Waals surface area contributed by atoms with E-state index in [0.29, 0.717) is 5.02 Å². The van der Waals surface area contributed by atoms with E-state index >= 15 is 0 Å². The van der Waals surface area contributed by atoms with E-state index < -0.39 is 11.8 Å². The van der Waals surface area contributed by atoms with Gasteiger partial charge in [0, 0.05) is 11.2 Å². The van der Waals surface area contributed by atoms with Gasteiger partial charge in [0.15, 0.2) is 5.69 Å². The molecule has 0 bridgehead atoms. The van der Waals surface area contributed by atoms with Crippen molar-refractivity contribution in [3.05, 3.63) is 47.3 Å². The number of carboxylic acids is 1. The highest BCUT2D eigenvalue weighted by Gasteiger charge is 2.10. The highest BCUT2D eigenvalue weighted by Crippen LogP contribution is 2.18. The predicted molar refractivity (Wildman–Crippen MR) is 55.5 cm³/mol. The summed E-state index contributed by atoms with van der Waals surface area (Å²) in [7, 11) is 0. The number of aromatic carboxylic acids is 1. The number of halogens is 2. The Bertz CT molecular complexity index is 554. The van der Waals surface area contributed by atoms with Crippen LogP contribution in [0.2, 0.25) is 5.02 Å². The van der Waals surface area contributed by atoms with Crippen molar-refractivity contribution in [2.45, 2.75) is 0 Å². The molecule has 2 rings (SSSR count). The second kappa shape index (κ2) is 3.94. The maximum Gasteiger partial charge on any atom is 0.356 e. The van der Waals surface area contributed by atoms with E-state index in [-0.39, 0.29) is 11.4 Å². The lowest BCUT2D eigenvalue weighted by molar-refractivity contribution is 0.0691. The molecule has 1 heterocycles. The fourth-order valence-corrected chi connectivity index (χ4v) is 1.42. The van der Waals surface area contributed by atoms with Gasteiger partial charge in [-0.2, -0.15) is 0 Å². The lowest BCUT2D eigenvalue weighted by atomic mass is 10.3. The van der Waals surface area contributed by atoms with Crippen LogP contribution in [0.4, 0.5) is 4.39 Å². The van der Waals surface area contributed by atoms with E-state index in [2.05, 4.69) is 4.98 Å². The second-order valence-corrected chi connectivity index (χ2v) is 3.50. The number of rotatable bonds is 2. The number of aromatic nitrogens is 2. The topological polar surface area (TPSA) is 55.1 Å². The van der Waals surface area contributed by atoms with Crippen molar-refractivity contribution in [1.29, 1.82) is 0 Å². The molecule has 0 fully saturated rings. The highest BCUT2D eigenvalue weighted by atomic mass is 35.5. The summed E-state index contributed by atoms with van der Waals surface area (Å²) in [6.45, 7) is 0. The van der Waals surface area contributed by atoms with Gasteiger partial charge < -0.3 is 9.67 Å². The summed E-state index contributed by atoms with van der Waals surface area (Å²) in [4.78, 5) is 14.2. The first-order chi connectivity index (χ1) is 7.58. The van der Waals surface area contributed by atoms with Gasteiger partial charge in [-0.1, -0.05) is 11.6 Å². The fourth-order valence-electron chi connectivity index (χ4n) is 1.25. The van der Waals surface area contributed by atoms with E-state index in [9.17, 15) is 9.18 Å². The second-order valence-electron chi connectivity index (χ2n) is 3.07. The number of hydrogen-bond acceptors (Lipinski definition) is 2. The van der Waals surface area contributed by atoms with Gasteiger partial charge in [0.25, 0.3) is 0 Å². The van der Waals surface area contributed by atoms with Crippen molar-refractivity contribution in [1.82, 2.24) is 9.55 Å². The van der Waals surface area contributed by atoms with Crippen LogP contribution in [0.3, 0.4) is 0 Å². The minimum Gasteiger partial charge on any atom is -0.476 e. The normalized spacial score (nSPS) is 10.4. The third-order valence-electron chi connectivity index (χ3n) is 1.99. The number of carbonyl (C=O) groups is 1. The summed E-state index contributed by atoms with van der Waals surface area (Å²) in [6.07, 6.45) is 2.44. The fraction of sp³-hybridized carbons (Fsp3) is 0. The molecule has 0 saturated carbocycles. The monoisotopic (exact) mass is 240 g/mol. The summed E-state index contributed by atoms with van der Waals surface area (Å²) in [5, 5.41) is 9.04. The molecule has 16 heavy (non-hydrogen) atoms. The van der Waals surface area contributed by atoms with E-state index in [4.69, 9.17) is 16.7 Å². The molecule has 0 aliphatic heterocycles. The summed E-state index contributed by atoms with van der Waals surface area (Å²) in [6, 6.07) is 4.01. The van der Waals surface area contributed by atoms with Crippen molar-refractivity contribution in [2.24, 2.45) is 0 Å². The number of nitrogens with zero attached hydrogens (tertiary/aromatic N) is 2. The third kappa shape index (κ3) is 1.90. The van der Waals surface area contributed by atoms with Gasteiger partial charge in [-0.3, -0.25) is 0 Å². The molecule has 0 radical (unpaired) electrons. The lowest BCUT2D eigenvalue weighted by Crippen LogP contribution is -1.97. The average molecular weight is 241 g/mol. The van der Waals surface area contributed by atoms with Gasteiger partial charge in [-0.05, 0) is 18.2 Å². The van der Waals surface area contributed by atoms with E-state index in [1.54, 1.807) is 0 Å². The van der Waals surface area contributed by atoms with Crippen LogP contribution in [0.15, 0.2) is 30.7 Å². The number of hydrogen-bond donors (Lipinski definition) is 1. The zero-order chi connectivity index (χ0) is 11.7. The van der Waals surface area contributed by atoms with Crippen LogP contribution in [0, 0.1) is 5.82 Å². The molecule has 6 heteroatoms. The summed E-state index contributed by atoms with van der Waals surface area (Å²) in [5.74, 6) is -1.67. The highest BCUT2D eigenvalue weighted by molar-refractivity contribution is 6.30. The maximum atomic E-state index is 13.4. The predicted octanol–water partition coefficient (Wildman–Crippen LogP) is 2.36. The van der Waals surface area contributed by atoms with Gasteiger partial charge in [-0.15, -0.1) is 0 Å². The van der Waals surface area contributed by atoms with Gasteiger partial charge in [0.1, 0.15) is 12.1 Å². The van der Waals surface area contributed by atoms with Gasteiger partial charge >= 0.3 is 5.97 Å². The molecule has 0 aliphatic rings. The van der Waals surface area contributed by atoms with Crippen LogP contribution >= 0.6 is 11.6 Å². The average Bonchev–Trinajstić information content (AvgIpc) is 2.70. The molecule has 4 nitrogen and oxygen atoms in total. The van der Waals surface area contributed by atoms with Crippen LogP contribution in [0.5, 0.6) is 0 Å². The van der Waals surface area contributed by atoms with Gasteiger partial charge in [0.2, 0.25) is 0 Å². The molecule has 0 unspecified atom stereocenters. The van der Waals surface area contributed by atoms with Crippen LogP contribution < -0.4 is 0 Å². The standard InChI is InChI=1S/C10H6ClFN2O2/c11-6-1-2-7(12)9(3-6)14-4-8(10(15)16)13-5-14/h1-5H,(H,15,16). The van der Waals surface area contributed by atoms with Crippen molar-refractivity contribution in [2.75, 3.05) is 0 Å². The van der Waals surface area contributed by atoms with Crippen molar-refractivity contribution in [3.63, 3.8) is 0 Å². The Balaban J connectivity index is 2.50. The lowest BCUT2D eigenvalue weighted by Gasteiger charge is -2.03. The van der Waals surface area contributed by atoms with Crippen molar-refractivity contribution in [3.8, 4) is 5.69 Å². The molecule has 0 spiro atoms. The first-order valence-corrected chi connectivity index (χ1v) is 4.68. The smallest absolute Gasteiger partial charge is 0.356 e. The molecule has 1 aromatic heterocycles. The van der Waals surface area contributed by atoms with Gasteiger partial charge in [0.05, 0.1) is 5.69 Å².